The van der Waals surface area contributed by atoms with Crippen LogP contribution >= 0.6 is 15.9 Å². The minimum atomic E-state index is -0.213. The molecule has 0 amide bonds. The molecule has 0 heterocycles. The second-order valence-corrected chi connectivity index (χ2v) is 5.85. The van der Waals surface area contributed by atoms with Crippen LogP contribution < -0.4 is 10.2 Å². The van der Waals surface area contributed by atoms with Crippen molar-refractivity contribution in [2.45, 2.75) is 19.9 Å². The molecule has 0 fully saturated rings. The lowest BCUT2D eigenvalue weighted by molar-refractivity contribution is 0.627. The van der Waals surface area contributed by atoms with E-state index in [0.717, 1.165) is 22.4 Å². The van der Waals surface area contributed by atoms with Crippen LogP contribution in [0.15, 0.2) is 46.9 Å². The lowest BCUT2D eigenvalue weighted by Crippen LogP contribution is -2.21. The first-order chi connectivity index (χ1) is 10.1. The molecule has 2 aromatic carbocycles. The van der Waals surface area contributed by atoms with Crippen LogP contribution in [0.4, 0.5) is 15.8 Å². The van der Waals surface area contributed by atoms with Crippen molar-refractivity contribution in [3.63, 3.8) is 0 Å². The summed E-state index contributed by atoms with van der Waals surface area (Å²) in [6.07, 6.45) is 0. The van der Waals surface area contributed by atoms with E-state index >= 15 is 0 Å². The van der Waals surface area contributed by atoms with E-state index in [-0.39, 0.29) is 11.9 Å². The molecular formula is C17H20BrFN2. The fourth-order valence-electron chi connectivity index (χ4n) is 2.39. The Balaban J connectivity index is 2.49. The Morgan fingerprint density at radius 3 is 2.43 bits per heavy atom. The Labute approximate surface area is 134 Å². The summed E-state index contributed by atoms with van der Waals surface area (Å²) >= 11 is 3.53. The molecule has 1 atom stereocenters. The molecule has 21 heavy (non-hydrogen) atoms. The summed E-state index contributed by atoms with van der Waals surface area (Å²) < 4.78 is 14.2. The normalized spacial score (nSPS) is 12.2. The zero-order chi connectivity index (χ0) is 15.4. The molecule has 0 saturated carbocycles. The molecule has 2 rings (SSSR count). The van der Waals surface area contributed by atoms with Gasteiger partial charge in [0.1, 0.15) is 5.82 Å². The predicted molar refractivity (Wildman–Crippen MR) is 90.7 cm³/mol. The van der Waals surface area contributed by atoms with Crippen molar-refractivity contribution >= 4 is 27.3 Å². The van der Waals surface area contributed by atoms with E-state index in [2.05, 4.69) is 52.1 Å². The lowest BCUT2D eigenvalue weighted by atomic mass is 10.0. The van der Waals surface area contributed by atoms with Gasteiger partial charge in [0, 0.05) is 28.4 Å². The minimum Gasteiger partial charge on any atom is -0.341 e. The Bertz CT molecular complexity index is 598. The molecule has 4 heteroatoms. The summed E-state index contributed by atoms with van der Waals surface area (Å²) in [7, 11) is 1.95. The van der Waals surface area contributed by atoms with Crippen molar-refractivity contribution < 1.29 is 4.39 Å². The van der Waals surface area contributed by atoms with Crippen LogP contribution in [-0.4, -0.2) is 13.6 Å². The highest BCUT2D eigenvalue weighted by molar-refractivity contribution is 9.10. The molecule has 0 aliphatic rings. The molecule has 1 N–H and O–H groups in total. The van der Waals surface area contributed by atoms with Crippen LogP contribution in [0.1, 0.15) is 25.5 Å². The number of anilines is 2. The highest BCUT2D eigenvalue weighted by atomic mass is 79.9. The number of benzene rings is 2. The summed E-state index contributed by atoms with van der Waals surface area (Å²) in [4.78, 5) is 2.19. The molecule has 2 nitrogen and oxygen atoms in total. The number of rotatable bonds is 5. The topological polar surface area (TPSA) is 15.3 Å². The number of hydrogen-bond acceptors (Lipinski definition) is 2. The van der Waals surface area contributed by atoms with Crippen LogP contribution in [0.25, 0.3) is 0 Å². The van der Waals surface area contributed by atoms with E-state index in [1.54, 1.807) is 0 Å². The molecule has 0 radical (unpaired) electrons. The molecule has 0 aromatic heterocycles. The zero-order valence-corrected chi connectivity index (χ0v) is 14.1. The summed E-state index contributed by atoms with van der Waals surface area (Å²) in [6.45, 7) is 5.04. The Morgan fingerprint density at radius 2 is 1.86 bits per heavy atom. The van der Waals surface area contributed by atoms with Gasteiger partial charge in [0.25, 0.3) is 0 Å². The third-order valence-corrected chi connectivity index (χ3v) is 4.13. The molecule has 0 saturated heterocycles. The monoisotopic (exact) mass is 350 g/mol. The third kappa shape index (κ3) is 3.63. The number of halogens is 2. The van der Waals surface area contributed by atoms with Crippen LogP contribution in [0.3, 0.4) is 0 Å². The highest BCUT2D eigenvalue weighted by Gasteiger charge is 2.16. The Morgan fingerprint density at radius 1 is 1.19 bits per heavy atom. The van der Waals surface area contributed by atoms with Crippen molar-refractivity contribution in [2.75, 3.05) is 18.5 Å². The van der Waals surface area contributed by atoms with Crippen molar-refractivity contribution in [3.8, 4) is 0 Å². The van der Waals surface area contributed by atoms with Crippen molar-refractivity contribution in [1.29, 1.82) is 0 Å². The number of hydrogen-bond donors (Lipinski definition) is 1. The van der Waals surface area contributed by atoms with Gasteiger partial charge < -0.3 is 10.2 Å². The van der Waals surface area contributed by atoms with E-state index in [4.69, 9.17) is 0 Å². The van der Waals surface area contributed by atoms with Crippen LogP contribution in [0.2, 0.25) is 0 Å². The van der Waals surface area contributed by atoms with E-state index < -0.39 is 0 Å². The fraction of sp³-hybridized carbons (Fsp3) is 0.294. The molecular weight excluding hydrogens is 331 g/mol. The summed E-state index contributed by atoms with van der Waals surface area (Å²) in [5.74, 6) is -0.213. The van der Waals surface area contributed by atoms with E-state index in [9.17, 15) is 4.39 Å². The second kappa shape index (κ2) is 7.05. The van der Waals surface area contributed by atoms with Gasteiger partial charge in [0.15, 0.2) is 0 Å². The SMILES string of the molecule is CCN(c1ccc(F)cc1)c1ccc(Br)cc1C(C)NC. The maximum absolute atomic E-state index is 13.1. The minimum absolute atomic E-state index is 0.213. The number of nitrogens with zero attached hydrogens (tertiary/aromatic N) is 1. The van der Waals surface area contributed by atoms with Crippen LogP contribution in [0, 0.1) is 5.82 Å². The molecule has 0 aliphatic carbocycles. The van der Waals surface area contributed by atoms with Gasteiger partial charge in [0.2, 0.25) is 0 Å². The first kappa shape index (κ1) is 16.0. The lowest BCUT2D eigenvalue weighted by Gasteiger charge is -2.28. The van der Waals surface area contributed by atoms with Crippen molar-refractivity contribution in [1.82, 2.24) is 5.32 Å². The average Bonchev–Trinajstić information content (AvgIpc) is 2.50. The zero-order valence-electron chi connectivity index (χ0n) is 12.5. The van der Waals surface area contributed by atoms with E-state index in [1.165, 1.54) is 17.7 Å². The van der Waals surface area contributed by atoms with Gasteiger partial charge in [-0.25, -0.2) is 4.39 Å². The van der Waals surface area contributed by atoms with E-state index in [1.807, 2.05) is 25.2 Å². The first-order valence-electron chi connectivity index (χ1n) is 7.06. The summed E-state index contributed by atoms with van der Waals surface area (Å²) in [6, 6.07) is 13.1. The molecule has 0 bridgehead atoms. The van der Waals surface area contributed by atoms with E-state index in [0.29, 0.717) is 0 Å². The maximum Gasteiger partial charge on any atom is 0.123 e. The van der Waals surface area contributed by atoms with Crippen molar-refractivity contribution in [2.24, 2.45) is 0 Å². The highest BCUT2D eigenvalue weighted by Crippen LogP contribution is 2.33. The van der Waals surface area contributed by atoms with Crippen LogP contribution in [-0.2, 0) is 0 Å². The molecule has 0 spiro atoms. The van der Waals surface area contributed by atoms with Gasteiger partial charge in [-0.05, 0) is 68.9 Å². The molecule has 0 aliphatic heterocycles. The van der Waals surface area contributed by atoms with Gasteiger partial charge in [-0.15, -0.1) is 0 Å². The number of nitrogens with one attached hydrogen (secondary N) is 1. The Hall–Kier alpha value is -1.39. The molecule has 2 aromatic rings. The third-order valence-electron chi connectivity index (χ3n) is 3.63. The van der Waals surface area contributed by atoms with Gasteiger partial charge >= 0.3 is 0 Å². The van der Waals surface area contributed by atoms with Gasteiger partial charge in [-0.3, -0.25) is 0 Å². The van der Waals surface area contributed by atoms with Gasteiger partial charge in [-0.2, -0.15) is 0 Å². The van der Waals surface area contributed by atoms with Gasteiger partial charge in [-0.1, -0.05) is 15.9 Å². The standard InChI is InChI=1S/C17H20BrFN2/c1-4-21(15-8-6-14(19)7-9-15)17-10-5-13(18)11-16(17)12(2)20-3/h5-12,20H,4H2,1-3H3. The van der Waals surface area contributed by atoms with Crippen molar-refractivity contribution in [3.05, 3.63) is 58.3 Å². The first-order valence-corrected chi connectivity index (χ1v) is 7.86. The Kier molecular flexibility index (Phi) is 5.37. The van der Waals surface area contributed by atoms with Crippen LogP contribution in [0.5, 0.6) is 0 Å². The average molecular weight is 351 g/mol. The molecule has 112 valence electrons. The maximum atomic E-state index is 13.1. The largest absolute Gasteiger partial charge is 0.341 e. The fourth-order valence-corrected chi connectivity index (χ4v) is 2.77. The summed E-state index contributed by atoms with van der Waals surface area (Å²) in [5, 5.41) is 3.28. The smallest absolute Gasteiger partial charge is 0.123 e. The summed E-state index contributed by atoms with van der Waals surface area (Å²) in [5.41, 5.74) is 3.33. The second-order valence-electron chi connectivity index (χ2n) is 4.93. The molecule has 1 unspecified atom stereocenters. The van der Waals surface area contributed by atoms with Gasteiger partial charge in [0.05, 0.1) is 0 Å². The quantitative estimate of drug-likeness (QED) is 0.813. The predicted octanol–water partition coefficient (Wildman–Crippen LogP) is 5.03.